The van der Waals surface area contributed by atoms with Gasteiger partial charge in [0.25, 0.3) is 0 Å². The van der Waals surface area contributed by atoms with Crippen LogP contribution in [0, 0.1) is 17.2 Å². The molecule has 0 aliphatic carbocycles. The molecule has 1 atom stereocenters. The molecule has 1 aliphatic heterocycles. The van der Waals surface area contributed by atoms with Crippen LogP contribution in [0.4, 0.5) is 5.69 Å². The Morgan fingerprint density at radius 3 is 2.82 bits per heavy atom. The highest BCUT2D eigenvalue weighted by Crippen LogP contribution is 2.24. The first kappa shape index (κ1) is 11.8. The zero-order valence-electron chi connectivity index (χ0n) is 10.2. The number of ether oxygens (including phenoxy) is 1. The van der Waals surface area contributed by atoms with Crippen LogP contribution in [-0.4, -0.2) is 19.7 Å². The molecule has 0 saturated carbocycles. The lowest BCUT2D eigenvalue weighted by molar-refractivity contribution is 0.340. The Hall–Kier alpha value is -1.69. The summed E-state index contributed by atoms with van der Waals surface area (Å²) in [7, 11) is 0. The van der Waals surface area contributed by atoms with Crippen LogP contribution in [0.1, 0.15) is 19.8 Å². The van der Waals surface area contributed by atoms with Crippen molar-refractivity contribution in [1.29, 1.82) is 5.26 Å². The van der Waals surface area contributed by atoms with E-state index in [1.807, 2.05) is 19.1 Å². The van der Waals surface area contributed by atoms with E-state index in [1.54, 1.807) is 0 Å². The first-order valence-corrected chi connectivity index (χ1v) is 6.21. The molecule has 90 valence electrons. The van der Waals surface area contributed by atoms with E-state index in [0.717, 1.165) is 31.7 Å². The summed E-state index contributed by atoms with van der Waals surface area (Å²) in [5.41, 5.74) is 1.19. The lowest BCUT2D eigenvalue weighted by atomic mass is 9.99. The molecule has 0 amide bonds. The largest absolute Gasteiger partial charge is 0.494 e. The van der Waals surface area contributed by atoms with Gasteiger partial charge in [-0.15, -0.1) is 0 Å². The van der Waals surface area contributed by atoms with Crippen molar-refractivity contribution in [2.75, 3.05) is 24.6 Å². The van der Waals surface area contributed by atoms with Crippen molar-refractivity contribution in [3.05, 3.63) is 24.3 Å². The molecule has 0 spiro atoms. The van der Waals surface area contributed by atoms with Gasteiger partial charge in [-0.25, -0.2) is 0 Å². The van der Waals surface area contributed by atoms with Crippen molar-refractivity contribution >= 4 is 5.69 Å². The van der Waals surface area contributed by atoms with Crippen LogP contribution in [0.25, 0.3) is 0 Å². The summed E-state index contributed by atoms with van der Waals surface area (Å²) in [5.74, 6) is 1.08. The van der Waals surface area contributed by atoms with Crippen molar-refractivity contribution in [3.63, 3.8) is 0 Å². The maximum atomic E-state index is 8.97. The first-order valence-electron chi connectivity index (χ1n) is 6.21. The number of hydrogen-bond donors (Lipinski definition) is 0. The van der Waals surface area contributed by atoms with Gasteiger partial charge < -0.3 is 9.64 Å². The molecular formula is C14H18N2O. The minimum Gasteiger partial charge on any atom is -0.494 e. The molecule has 2 rings (SSSR count). The molecular weight excluding hydrogens is 212 g/mol. The van der Waals surface area contributed by atoms with E-state index >= 15 is 0 Å². The average Bonchev–Trinajstić information content (AvgIpc) is 2.40. The molecule has 1 unspecified atom stereocenters. The Labute approximate surface area is 103 Å². The maximum absolute atomic E-state index is 8.97. The maximum Gasteiger partial charge on any atom is 0.119 e. The minimum absolute atomic E-state index is 0.176. The van der Waals surface area contributed by atoms with Crippen LogP contribution < -0.4 is 9.64 Å². The summed E-state index contributed by atoms with van der Waals surface area (Å²) >= 11 is 0. The Morgan fingerprint density at radius 2 is 2.18 bits per heavy atom. The van der Waals surface area contributed by atoms with Crippen LogP contribution in [0.5, 0.6) is 5.75 Å². The normalized spacial score (nSPS) is 19.8. The van der Waals surface area contributed by atoms with E-state index in [-0.39, 0.29) is 5.92 Å². The predicted octanol–water partition coefficient (Wildman–Crippen LogP) is 2.83. The van der Waals surface area contributed by atoms with Crippen molar-refractivity contribution in [1.82, 2.24) is 0 Å². The van der Waals surface area contributed by atoms with Gasteiger partial charge in [0.05, 0.1) is 18.6 Å². The monoisotopic (exact) mass is 230 g/mol. The Balaban J connectivity index is 2.04. The third-order valence-corrected chi connectivity index (χ3v) is 3.12. The average molecular weight is 230 g/mol. The Morgan fingerprint density at radius 1 is 1.41 bits per heavy atom. The van der Waals surface area contributed by atoms with E-state index in [9.17, 15) is 0 Å². The number of rotatable bonds is 3. The van der Waals surface area contributed by atoms with Crippen LogP contribution in [0.2, 0.25) is 0 Å². The molecule has 0 aromatic heterocycles. The quantitative estimate of drug-likeness (QED) is 0.801. The van der Waals surface area contributed by atoms with E-state index in [2.05, 4.69) is 23.1 Å². The van der Waals surface area contributed by atoms with Gasteiger partial charge in [0.15, 0.2) is 0 Å². The first-order chi connectivity index (χ1) is 8.33. The van der Waals surface area contributed by atoms with Crippen molar-refractivity contribution in [2.45, 2.75) is 19.8 Å². The van der Waals surface area contributed by atoms with Crippen molar-refractivity contribution in [2.24, 2.45) is 5.92 Å². The summed E-state index contributed by atoms with van der Waals surface area (Å²) in [6, 6.07) is 10.5. The number of piperidine rings is 1. The van der Waals surface area contributed by atoms with Gasteiger partial charge >= 0.3 is 0 Å². The van der Waals surface area contributed by atoms with E-state index in [4.69, 9.17) is 10.00 Å². The molecule has 1 aliphatic rings. The second-order valence-electron chi connectivity index (χ2n) is 4.34. The summed E-state index contributed by atoms with van der Waals surface area (Å²) in [4.78, 5) is 2.28. The molecule has 1 aromatic rings. The second kappa shape index (κ2) is 5.58. The predicted molar refractivity (Wildman–Crippen MR) is 68.2 cm³/mol. The second-order valence-corrected chi connectivity index (χ2v) is 4.34. The highest BCUT2D eigenvalue weighted by Gasteiger charge is 2.19. The van der Waals surface area contributed by atoms with Crippen LogP contribution in [0.3, 0.4) is 0 Å². The number of benzene rings is 1. The van der Waals surface area contributed by atoms with E-state index < -0.39 is 0 Å². The van der Waals surface area contributed by atoms with Gasteiger partial charge in [-0.05, 0) is 44.0 Å². The SMILES string of the molecule is CCOc1ccc(N2CCCC(C#N)C2)cc1. The van der Waals surface area contributed by atoms with Gasteiger partial charge in [0.1, 0.15) is 5.75 Å². The zero-order chi connectivity index (χ0) is 12.1. The topological polar surface area (TPSA) is 36.3 Å². The standard InChI is InChI=1S/C14H18N2O/c1-2-17-14-7-5-13(6-8-14)16-9-3-4-12(10-15)11-16/h5-8,12H,2-4,9,11H2,1H3. The molecule has 17 heavy (non-hydrogen) atoms. The summed E-state index contributed by atoms with van der Waals surface area (Å²) in [5, 5.41) is 8.97. The number of nitrogens with zero attached hydrogens (tertiary/aromatic N) is 2. The molecule has 1 saturated heterocycles. The van der Waals surface area contributed by atoms with E-state index in [0.29, 0.717) is 6.61 Å². The summed E-state index contributed by atoms with van der Waals surface area (Å²) in [6.07, 6.45) is 2.13. The van der Waals surface area contributed by atoms with Gasteiger partial charge in [-0.3, -0.25) is 0 Å². The van der Waals surface area contributed by atoms with Crippen LogP contribution >= 0.6 is 0 Å². The van der Waals surface area contributed by atoms with E-state index in [1.165, 1.54) is 5.69 Å². The van der Waals surface area contributed by atoms with Gasteiger partial charge in [-0.2, -0.15) is 5.26 Å². The Kier molecular flexibility index (Phi) is 3.87. The third-order valence-electron chi connectivity index (χ3n) is 3.12. The highest BCUT2D eigenvalue weighted by molar-refractivity contribution is 5.49. The fourth-order valence-electron chi connectivity index (χ4n) is 2.24. The fourth-order valence-corrected chi connectivity index (χ4v) is 2.24. The number of anilines is 1. The zero-order valence-corrected chi connectivity index (χ0v) is 10.2. The smallest absolute Gasteiger partial charge is 0.119 e. The lowest BCUT2D eigenvalue weighted by Gasteiger charge is -2.31. The molecule has 1 fully saturated rings. The number of nitriles is 1. The lowest BCUT2D eigenvalue weighted by Crippen LogP contribution is -2.34. The summed E-state index contributed by atoms with van der Waals surface area (Å²) in [6.45, 7) is 4.58. The molecule has 3 nitrogen and oxygen atoms in total. The van der Waals surface area contributed by atoms with Gasteiger partial charge in [-0.1, -0.05) is 0 Å². The molecule has 1 heterocycles. The summed E-state index contributed by atoms with van der Waals surface area (Å²) < 4.78 is 5.42. The molecule has 3 heteroatoms. The van der Waals surface area contributed by atoms with Gasteiger partial charge in [0.2, 0.25) is 0 Å². The third kappa shape index (κ3) is 2.91. The molecule has 1 aromatic carbocycles. The van der Waals surface area contributed by atoms with Crippen molar-refractivity contribution < 1.29 is 4.74 Å². The minimum atomic E-state index is 0.176. The molecule has 0 bridgehead atoms. The molecule has 0 radical (unpaired) electrons. The Bertz CT molecular complexity index is 394. The molecule has 0 N–H and O–H groups in total. The van der Waals surface area contributed by atoms with Crippen LogP contribution in [-0.2, 0) is 0 Å². The van der Waals surface area contributed by atoms with Crippen LogP contribution in [0.15, 0.2) is 24.3 Å². The highest BCUT2D eigenvalue weighted by atomic mass is 16.5. The van der Waals surface area contributed by atoms with Crippen molar-refractivity contribution in [3.8, 4) is 11.8 Å². The fraction of sp³-hybridized carbons (Fsp3) is 0.500. The van der Waals surface area contributed by atoms with Gasteiger partial charge in [0, 0.05) is 18.8 Å². The number of hydrogen-bond acceptors (Lipinski definition) is 3.